The standard InChI is InChI=1S/C53H86O12S/c1-3-5-7-9-11-13-15-17-19-20-21-22-23-24-25-26-27-29-31-33-35-37-39-41-43-61-45-47(46-62-53-51(57)52(65-66(58,59)60)50(56)48(44-54)64-53)63-49(55)42-40-38-36-34-32-30-28-18-16-14-12-10-8-6-4-2/h5-8,11-14,17-19,21-22,24-25,28,32,34,47-48,50-54,56-57H,3-4,9-10,15-16,20,23,26-27,29-31,33,35-46H2,1-2H3,(H,58,59,60)/b7-5-,8-6-,13-11-,14-12-,19-17-,22-21-,25-24-,28-18-,34-32-. The number of aliphatic hydroxyl groups is 3. The number of allylic oxidation sites excluding steroid dienone is 18. The van der Waals surface area contributed by atoms with E-state index in [0.29, 0.717) is 13.0 Å². The van der Waals surface area contributed by atoms with E-state index in [2.05, 4.69) is 127 Å². The number of aliphatic hydroxyl groups excluding tert-OH is 3. The summed E-state index contributed by atoms with van der Waals surface area (Å²) in [6, 6.07) is 0. The highest BCUT2D eigenvalue weighted by atomic mass is 32.3. The molecule has 0 aromatic heterocycles. The zero-order valence-electron chi connectivity index (χ0n) is 40.2. The number of unbranched alkanes of at least 4 members (excludes halogenated alkanes) is 10. The SMILES string of the molecule is CC/C=C\C/C=C\C/C=C\C/C=C\C/C=C\CCCCCCCCCCOCC(COC1OC(CO)C(O)C(OS(=O)(=O)O)C1O)OC(=O)CCCC/C=C\C/C=C\C/C=C\C/C=C\CC. The molecule has 0 aliphatic carbocycles. The van der Waals surface area contributed by atoms with Gasteiger partial charge in [-0.25, -0.2) is 4.18 Å². The number of ether oxygens (including phenoxy) is 4. The molecule has 4 N–H and O–H groups in total. The highest BCUT2D eigenvalue weighted by Crippen LogP contribution is 2.26. The summed E-state index contributed by atoms with van der Waals surface area (Å²) in [5.74, 6) is -0.448. The van der Waals surface area contributed by atoms with Gasteiger partial charge in [0, 0.05) is 13.0 Å². The van der Waals surface area contributed by atoms with Crippen LogP contribution in [0.4, 0.5) is 0 Å². The van der Waals surface area contributed by atoms with E-state index < -0.39 is 59.8 Å². The van der Waals surface area contributed by atoms with Crippen molar-refractivity contribution in [2.45, 2.75) is 192 Å². The van der Waals surface area contributed by atoms with E-state index in [4.69, 9.17) is 18.9 Å². The van der Waals surface area contributed by atoms with E-state index >= 15 is 0 Å². The Hall–Kier alpha value is -3.24. The summed E-state index contributed by atoms with van der Waals surface area (Å²) >= 11 is 0. The third kappa shape index (κ3) is 35.9. The third-order valence-corrected chi connectivity index (χ3v) is 10.9. The lowest BCUT2D eigenvalue weighted by molar-refractivity contribution is -0.301. The molecule has 6 unspecified atom stereocenters. The predicted octanol–water partition coefficient (Wildman–Crippen LogP) is 11.2. The third-order valence-electron chi connectivity index (χ3n) is 10.4. The number of carbonyl (C=O) groups is 1. The van der Waals surface area contributed by atoms with Gasteiger partial charge in [0.1, 0.15) is 30.5 Å². The molecule has 13 heteroatoms. The van der Waals surface area contributed by atoms with Gasteiger partial charge in [-0.2, -0.15) is 8.42 Å². The van der Waals surface area contributed by atoms with E-state index in [1.165, 1.54) is 25.7 Å². The number of hydrogen-bond donors (Lipinski definition) is 4. The second kappa shape index (κ2) is 43.1. The first-order chi connectivity index (χ1) is 32.1. The summed E-state index contributed by atoms with van der Waals surface area (Å²) < 4.78 is 59.1. The highest BCUT2D eigenvalue weighted by molar-refractivity contribution is 7.80. The molecule has 1 fully saturated rings. The first-order valence-electron chi connectivity index (χ1n) is 24.6. The molecular weight excluding hydrogens is 861 g/mol. The van der Waals surface area contributed by atoms with Gasteiger partial charge >= 0.3 is 16.4 Å². The van der Waals surface area contributed by atoms with Crippen molar-refractivity contribution >= 4 is 16.4 Å². The largest absolute Gasteiger partial charge is 0.457 e. The molecular formula is C53H86O12S. The average molecular weight is 947 g/mol. The van der Waals surface area contributed by atoms with Crippen LogP contribution in [0.1, 0.15) is 155 Å². The van der Waals surface area contributed by atoms with Crippen molar-refractivity contribution in [1.82, 2.24) is 0 Å². The van der Waals surface area contributed by atoms with Gasteiger partial charge in [0.05, 0.1) is 19.8 Å². The maximum Gasteiger partial charge on any atom is 0.397 e. The molecule has 1 aliphatic heterocycles. The molecule has 12 nitrogen and oxygen atoms in total. The smallest absolute Gasteiger partial charge is 0.397 e. The molecule has 1 heterocycles. The Morgan fingerprint density at radius 2 is 1.00 bits per heavy atom. The number of rotatable bonds is 41. The van der Waals surface area contributed by atoms with Crippen molar-refractivity contribution in [2.75, 3.05) is 26.4 Å². The first-order valence-corrected chi connectivity index (χ1v) is 26.0. The molecule has 1 aliphatic rings. The van der Waals surface area contributed by atoms with Crippen LogP contribution in [0, 0.1) is 0 Å². The fourth-order valence-electron chi connectivity index (χ4n) is 6.75. The minimum absolute atomic E-state index is 0.00535. The van der Waals surface area contributed by atoms with Gasteiger partial charge < -0.3 is 34.3 Å². The van der Waals surface area contributed by atoms with Crippen LogP contribution in [0.15, 0.2) is 109 Å². The van der Waals surface area contributed by atoms with Crippen LogP contribution in [0.3, 0.4) is 0 Å². The lowest BCUT2D eigenvalue weighted by Gasteiger charge is -2.41. The molecule has 0 aromatic carbocycles. The van der Waals surface area contributed by atoms with Gasteiger partial charge in [0.15, 0.2) is 6.29 Å². The van der Waals surface area contributed by atoms with Crippen molar-refractivity contribution in [2.24, 2.45) is 0 Å². The molecule has 0 aromatic rings. The van der Waals surface area contributed by atoms with E-state index in [0.717, 1.165) is 103 Å². The average Bonchev–Trinajstić information content (AvgIpc) is 3.29. The van der Waals surface area contributed by atoms with Gasteiger partial charge in [-0.3, -0.25) is 9.35 Å². The molecule has 66 heavy (non-hydrogen) atoms. The van der Waals surface area contributed by atoms with Crippen LogP contribution >= 0.6 is 0 Å². The van der Waals surface area contributed by atoms with Crippen LogP contribution in [0.5, 0.6) is 0 Å². The molecule has 0 bridgehead atoms. The normalized spacial score (nSPS) is 20.5. The summed E-state index contributed by atoms with van der Waals surface area (Å²) in [6.45, 7) is 3.66. The Labute approximate surface area is 398 Å². The van der Waals surface area contributed by atoms with Crippen LogP contribution in [0.2, 0.25) is 0 Å². The maximum atomic E-state index is 12.9. The van der Waals surface area contributed by atoms with Crippen LogP contribution in [-0.4, -0.2) is 97.5 Å². The van der Waals surface area contributed by atoms with Gasteiger partial charge in [0.25, 0.3) is 0 Å². The Morgan fingerprint density at radius 1 is 0.576 bits per heavy atom. The van der Waals surface area contributed by atoms with E-state index in [-0.39, 0.29) is 19.6 Å². The molecule has 6 atom stereocenters. The summed E-state index contributed by atoms with van der Waals surface area (Å²) in [4.78, 5) is 12.9. The van der Waals surface area contributed by atoms with Gasteiger partial charge in [0.2, 0.25) is 0 Å². The topological polar surface area (TPSA) is 178 Å². The lowest BCUT2D eigenvalue weighted by atomic mass is 9.99. The zero-order valence-corrected chi connectivity index (χ0v) is 41.0. The summed E-state index contributed by atoms with van der Waals surface area (Å²) in [5.41, 5.74) is 0. The minimum Gasteiger partial charge on any atom is -0.457 e. The highest BCUT2D eigenvalue weighted by Gasteiger charge is 2.48. The van der Waals surface area contributed by atoms with E-state index in [1.54, 1.807) is 0 Å². The molecule has 376 valence electrons. The monoisotopic (exact) mass is 947 g/mol. The Bertz CT molecular complexity index is 1560. The molecule has 0 radical (unpaired) electrons. The van der Waals surface area contributed by atoms with Crippen molar-refractivity contribution < 1.29 is 56.2 Å². The Balaban J connectivity index is 2.40. The zero-order chi connectivity index (χ0) is 48.2. The van der Waals surface area contributed by atoms with Gasteiger partial charge in [-0.1, -0.05) is 162 Å². The number of esters is 1. The fraction of sp³-hybridized carbons (Fsp3) is 0.642. The molecule has 0 amide bonds. The second-order valence-electron chi connectivity index (χ2n) is 16.3. The molecule has 0 saturated carbocycles. The first kappa shape index (κ1) is 60.8. The summed E-state index contributed by atoms with van der Waals surface area (Å²) in [5, 5.41) is 30.7. The van der Waals surface area contributed by atoms with Crippen molar-refractivity contribution in [3.63, 3.8) is 0 Å². The van der Waals surface area contributed by atoms with Crippen molar-refractivity contribution in [3.8, 4) is 0 Å². The van der Waals surface area contributed by atoms with E-state index in [1.807, 2.05) is 0 Å². The summed E-state index contributed by atoms with van der Waals surface area (Å²) in [6.07, 6.45) is 51.2. The van der Waals surface area contributed by atoms with Crippen molar-refractivity contribution in [3.05, 3.63) is 109 Å². The van der Waals surface area contributed by atoms with Crippen LogP contribution < -0.4 is 0 Å². The fourth-order valence-corrected chi connectivity index (χ4v) is 7.26. The Kier molecular flexibility index (Phi) is 39.7. The molecule has 1 saturated heterocycles. The van der Waals surface area contributed by atoms with Gasteiger partial charge in [-0.05, 0) is 96.3 Å². The van der Waals surface area contributed by atoms with Gasteiger partial charge in [-0.15, -0.1) is 0 Å². The van der Waals surface area contributed by atoms with Crippen LogP contribution in [0.25, 0.3) is 0 Å². The predicted molar refractivity (Wildman–Crippen MR) is 266 cm³/mol. The lowest BCUT2D eigenvalue weighted by Crippen LogP contribution is -2.60. The molecule has 1 rings (SSSR count). The number of carbonyl (C=O) groups excluding carboxylic acids is 1. The Morgan fingerprint density at radius 3 is 1.45 bits per heavy atom. The van der Waals surface area contributed by atoms with Crippen molar-refractivity contribution in [1.29, 1.82) is 0 Å². The second-order valence-corrected chi connectivity index (χ2v) is 17.3. The molecule has 0 spiro atoms. The van der Waals surface area contributed by atoms with Crippen LogP contribution in [-0.2, 0) is 38.3 Å². The maximum absolute atomic E-state index is 12.9. The minimum atomic E-state index is -5.08. The van der Waals surface area contributed by atoms with E-state index in [9.17, 15) is 33.1 Å². The number of hydrogen-bond acceptors (Lipinski definition) is 11. The summed E-state index contributed by atoms with van der Waals surface area (Å²) in [7, 11) is -5.08. The quantitative estimate of drug-likeness (QED) is 0.0198.